The van der Waals surface area contributed by atoms with Crippen LogP contribution in [0.25, 0.3) is 10.9 Å². The van der Waals surface area contributed by atoms with Crippen LogP contribution in [0.3, 0.4) is 0 Å². The lowest BCUT2D eigenvalue weighted by molar-refractivity contribution is -0.146. The number of fused-ring (bicyclic) bond motifs is 1. The number of nitrogens with zero attached hydrogens (tertiary/aromatic N) is 10. The summed E-state index contributed by atoms with van der Waals surface area (Å²) in [5.74, 6) is -3.01. The van der Waals surface area contributed by atoms with Gasteiger partial charge in [0.15, 0.2) is 0 Å². The van der Waals surface area contributed by atoms with E-state index < -0.39 is 65.7 Å². The molecule has 4 aliphatic heterocycles. The number of hydrogen-bond donors (Lipinski definition) is 4. The van der Waals surface area contributed by atoms with Crippen molar-refractivity contribution in [2.75, 3.05) is 150 Å². The Balaban J connectivity index is 0.876. The summed E-state index contributed by atoms with van der Waals surface area (Å²) in [6.07, 6.45) is 5.49. The minimum absolute atomic E-state index is 0.00955. The highest BCUT2D eigenvalue weighted by Crippen LogP contribution is 2.31. The van der Waals surface area contributed by atoms with E-state index in [0.29, 0.717) is 166 Å². The number of likely N-dealkylation sites (tertiary alicyclic amines) is 2. The van der Waals surface area contributed by atoms with Crippen LogP contribution in [0, 0.1) is 18.3 Å². The molecule has 5 heterocycles. The lowest BCUT2D eigenvalue weighted by Gasteiger charge is -2.35. The second-order valence-electron chi connectivity index (χ2n) is 24.2. The number of carboxylic acids is 1. The van der Waals surface area contributed by atoms with E-state index in [1.54, 1.807) is 28.0 Å². The molecule has 1 aromatic heterocycles. The number of hydrogen-bond acceptors (Lipinski definition) is 21. The number of alkyl halides is 1. The summed E-state index contributed by atoms with van der Waals surface area (Å²) >= 11 is 1.24. The molecule has 3 aromatic rings. The van der Waals surface area contributed by atoms with E-state index in [9.17, 15) is 62.7 Å². The van der Waals surface area contributed by atoms with Gasteiger partial charge < -0.3 is 45.1 Å². The van der Waals surface area contributed by atoms with Gasteiger partial charge in [0.2, 0.25) is 35.4 Å². The van der Waals surface area contributed by atoms with E-state index in [1.165, 1.54) is 42.1 Å². The molecule has 4 saturated heterocycles. The summed E-state index contributed by atoms with van der Waals surface area (Å²) in [7, 11) is 0. The van der Waals surface area contributed by atoms with Gasteiger partial charge in [0.05, 0.1) is 55.2 Å². The topological polar surface area (TPSA) is 317 Å². The predicted molar refractivity (Wildman–Crippen MR) is 341 cm³/mol. The van der Waals surface area contributed by atoms with Gasteiger partial charge in [-0.2, -0.15) is 5.26 Å². The number of benzene rings is 2. The Bertz CT molecular complexity index is 3080. The first-order chi connectivity index (χ1) is 44.8. The number of aryl methyl sites for hydroxylation is 2. The number of amides is 7. The van der Waals surface area contributed by atoms with E-state index in [0.717, 1.165) is 16.2 Å². The number of carboxylic acid groups (broad SMARTS) is 1. The van der Waals surface area contributed by atoms with E-state index >= 15 is 0 Å². The quantitative estimate of drug-likeness (QED) is 0.0379. The summed E-state index contributed by atoms with van der Waals surface area (Å²) in [5, 5.41) is 27.6. The molecule has 506 valence electrons. The Hall–Kier alpha value is -7.88. The molecule has 0 spiro atoms. The fourth-order valence-corrected chi connectivity index (χ4v) is 12.9. The van der Waals surface area contributed by atoms with Crippen molar-refractivity contribution < 1.29 is 71.7 Å². The van der Waals surface area contributed by atoms with Crippen molar-refractivity contribution >= 4 is 82.9 Å². The number of ether oxygens (including phenoxy) is 3. The van der Waals surface area contributed by atoms with Crippen LogP contribution in [0.2, 0.25) is 0 Å². The zero-order valence-electron chi connectivity index (χ0n) is 53.2. The minimum Gasteiger partial charge on any atom is -0.494 e. The molecule has 0 aliphatic carbocycles. The molecule has 0 saturated carbocycles. The van der Waals surface area contributed by atoms with E-state index in [-0.39, 0.29) is 75.0 Å². The normalized spacial score (nSPS) is 20.3. The third-order valence-corrected chi connectivity index (χ3v) is 18.3. The molecule has 7 amide bonds. The first-order valence-corrected chi connectivity index (χ1v) is 32.8. The minimum atomic E-state index is -1.69. The summed E-state index contributed by atoms with van der Waals surface area (Å²) in [6, 6.07) is 15.5. The molecular weight excluding hydrogens is 1230 g/mol. The Morgan fingerprint density at radius 1 is 0.796 bits per heavy atom. The number of thioether (sulfide) groups is 1. The molecule has 4 aliphatic rings. The van der Waals surface area contributed by atoms with Gasteiger partial charge in [0.25, 0.3) is 18.9 Å². The summed E-state index contributed by atoms with van der Waals surface area (Å²) in [5.41, 5.74) is 1.44. The zero-order valence-corrected chi connectivity index (χ0v) is 54.0. The molecule has 93 heavy (non-hydrogen) atoms. The van der Waals surface area contributed by atoms with Crippen molar-refractivity contribution in [2.24, 2.45) is 0 Å². The number of imide groups is 1. The van der Waals surface area contributed by atoms with Crippen LogP contribution < -0.4 is 20.7 Å². The van der Waals surface area contributed by atoms with Gasteiger partial charge >= 0.3 is 5.97 Å². The van der Waals surface area contributed by atoms with Crippen LogP contribution in [0.4, 0.5) is 4.39 Å². The number of carbonyl (C=O) groups is 10. The number of nitriles is 1. The van der Waals surface area contributed by atoms with Crippen molar-refractivity contribution in [1.29, 1.82) is 5.26 Å². The lowest BCUT2D eigenvalue weighted by Crippen LogP contribution is -2.52. The van der Waals surface area contributed by atoms with Crippen LogP contribution in [0.5, 0.6) is 5.75 Å². The number of piperazine rings is 1. The second kappa shape index (κ2) is 37.1. The zero-order chi connectivity index (χ0) is 66.7. The highest BCUT2D eigenvalue weighted by atomic mass is 32.2. The maximum Gasteiger partial charge on any atom is 0.317 e. The number of unbranched alkanes of at least 4 members (excludes halogenated alkanes) is 1. The smallest absolute Gasteiger partial charge is 0.317 e. The van der Waals surface area contributed by atoms with Gasteiger partial charge in [-0.25, -0.2) is 4.39 Å². The van der Waals surface area contributed by atoms with Gasteiger partial charge in [-0.15, -0.1) is 11.8 Å². The number of carbonyl (C=O) groups excluding carboxylic acids is 9. The van der Waals surface area contributed by atoms with Crippen molar-refractivity contribution in [2.45, 2.75) is 94.6 Å². The number of aromatic nitrogens is 1. The number of aliphatic carboxylic acids is 1. The predicted octanol–water partition coefficient (Wildman–Crippen LogP) is 1.26. The Morgan fingerprint density at radius 2 is 1.45 bits per heavy atom. The van der Waals surface area contributed by atoms with Crippen LogP contribution in [-0.2, 0) is 59.0 Å². The third-order valence-electron chi connectivity index (χ3n) is 16.9. The number of rotatable bonds is 33. The van der Waals surface area contributed by atoms with Gasteiger partial charge in [0.1, 0.15) is 37.5 Å². The van der Waals surface area contributed by atoms with Crippen LogP contribution >= 0.6 is 11.8 Å². The average molecular weight is 1310 g/mol. The van der Waals surface area contributed by atoms with Crippen molar-refractivity contribution in [3.63, 3.8) is 0 Å². The molecule has 0 radical (unpaired) electrons. The summed E-state index contributed by atoms with van der Waals surface area (Å²) in [4.78, 5) is 146. The summed E-state index contributed by atoms with van der Waals surface area (Å²) < 4.78 is 30.8. The van der Waals surface area contributed by atoms with Crippen LogP contribution in [0.15, 0.2) is 54.7 Å². The molecule has 29 heteroatoms. The standard InChI is InChI=1S/C64H88FN13O14S/c1-47-10-12-48(13-11-47)7-5-9-56(81)68-17-4-3-8-49(70-57(82)38-72-20-21-73(40-61(86)87)23-25-75(44-91-46-80)27-26-74(24-22-72)43-90-45-79)41-93-55-34-58(83)77(63(55)89)39-60(85)76-30-28-71(29-31-76)19-6-32-92-51-14-15-54-53(33-51)52(16-18-67-54)62(88)69-37-59(84)78-42-64(2,65)35-50(78)36-66/h10-16,18,33,45-46,49-50,55H,3-9,17,19-32,34-35,37-44H2,1-2H3,(H,68,81)(H,69,88)(H,70,82)(H,86,87)/t49-,50+,55?,64?/m0/s1. The molecule has 4 fully saturated rings. The average Bonchev–Trinajstić information content (AvgIpc) is 1.81. The molecular formula is C64H88FN13O14S. The maximum atomic E-state index is 14.6. The highest BCUT2D eigenvalue weighted by Gasteiger charge is 2.44. The molecule has 0 bridgehead atoms. The van der Waals surface area contributed by atoms with Crippen molar-refractivity contribution in [1.82, 2.24) is 60.1 Å². The maximum absolute atomic E-state index is 14.6. The molecule has 4 atom stereocenters. The molecule has 2 aromatic carbocycles. The van der Waals surface area contributed by atoms with Crippen LogP contribution in [-0.4, -0.2) is 283 Å². The van der Waals surface area contributed by atoms with E-state index in [2.05, 4.69) is 50.1 Å². The number of halogens is 1. The van der Waals surface area contributed by atoms with Crippen molar-refractivity contribution in [3.05, 3.63) is 71.4 Å². The molecule has 27 nitrogen and oxygen atoms in total. The fourth-order valence-electron chi connectivity index (χ4n) is 11.6. The van der Waals surface area contributed by atoms with E-state index in [4.69, 9.17) is 14.2 Å². The molecule has 7 rings (SSSR count). The second-order valence-corrected chi connectivity index (χ2v) is 25.4. The van der Waals surface area contributed by atoms with E-state index in [1.807, 2.05) is 27.7 Å². The SMILES string of the molecule is Cc1ccc(CCCC(=O)NCCCC[C@@H](CSC2CC(=O)N(CC(=O)N3CCN(CCCOc4ccc5nccc(C(=O)NCC(=O)N6CC(C)(F)C[C@@H]6C#N)c5c4)CC3)C2=O)NC(=O)CN2CCN(COC=O)CCN(COC=O)CCN(CC(=O)O)CC2)cc1. The van der Waals surface area contributed by atoms with Crippen LogP contribution in [0.1, 0.15) is 79.8 Å². The third kappa shape index (κ3) is 23.9. The Kier molecular flexibility index (Phi) is 29.0. The number of nitrogens with one attached hydrogen (secondary N) is 3. The van der Waals surface area contributed by atoms with Gasteiger partial charge in [-0.05, 0) is 82.2 Å². The highest BCUT2D eigenvalue weighted by molar-refractivity contribution is 8.00. The first-order valence-electron chi connectivity index (χ1n) is 31.8. The first kappa shape index (κ1) is 72.5. The summed E-state index contributed by atoms with van der Waals surface area (Å²) in [6.45, 7) is 8.80. The Morgan fingerprint density at radius 3 is 2.11 bits per heavy atom. The fraction of sp³-hybridized carbons (Fsp3) is 0.594. The van der Waals surface area contributed by atoms with Gasteiger partial charge in [-0.3, -0.25) is 82.3 Å². The monoisotopic (exact) mass is 1310 g/mol. The molecule has 4 N–H and O–H groups in total. The largest absolute Gasteiger partial charge is 0.494 e. The Labute approximate surface area is 545 Å². The lowest BCUT2D eigenvalue weighted by atomic mass is 10.1. The number of pyridine rings is 1. The van der Waals surface area contributed by atoms with Gasteiger partial charge in [-0.1, -0.05) is 29.8 Å². The van der Waals surface area contributed by atoms with Crippen molar-refractivity contribution in [3.8, 4) is 11.8 Å². The molecule has 2 unspecified atom stereocenters. The van der Waals surface area contributed by atoms with Gasteiger partial charge in [0, 0.05) is 134 Å².